The minimum Gasteiger partial charge on any atom is -0.199 e. The van der Waals surface area contributed by atoms with Crippen LogP contribution in [0.2, 0.25) is 0 Å². The zero-order valence-electron chi connectivity index (χ0n) is 27.1. The summed E-state index contributed by atoms with van der Waals surface area (Å²) in [5.41, 5.74) is 13.2. The quantitative estimate of drug-likeness (QED) is 0.395. The number of rotatable bonds is 8. The van der Waals surface area contributed by atoms with Crippen molar-refractivity contribution in [1.29, 1.82) is 0 Å². The van der Waals surface area contributed by atoms with Crippen molar-refractivity contribution in [3.05, 3.63) is 82.0 Å². The third-order valence-corrected chi connectivity index (χ3v) is 7.71. The third-order valence-electron chi connectivity index (χ3n) is 7.71. The smallest absolute Gasteiger partial charge is 0.199 e. The summed E-state index contributed by atoms with van der Waals surface area (Å²) in [4.78, 5) is 7.85. The first kappa shape index (κ1) is 34.5. The SMILES string of the molecule is CC(C)c1cc(C(C)C)c([NH+]=C2C=CC=CC2=[NH+]c2c(C(C)C)cc(C(C)C)cc2C(C)C)c(C(C)C)c1.[Cs+]. The number of benzene rings is 2. The number of nitrogens with one attached hydrogen (secondary N) is 2. The van der Waals surface area contributed by atoms with Crippen LogP contribution in [0.15, 0.2) is 48.6 Å². The molecule has 1 aliphatic carbocycles. The molecule has 39 heavy (non-hydrogen) atoms. The number of allylic oxidation sites excluding steroid dienone is 4. The summed E-state index contributed by atoms with van der Waals surface area (Å²) in [5.74, 6) is 2.72. The zero-order valence-corrected chi connectivity index (χ0v) is 33.4. The fourth-order valence-electron chi connectivity index (χ4n) is 5.17. The van der Waals surface area contributed by atoms with E-state index < -0.39 is 0 Å². The van der Waals surface area contributed by atoms with Crippen molar-refractivity contribution in [2.24, 2.45) is 0 Å². The van der Waals surface area contributed by atoms with Crippen LogP contribution in [0.5, 0.6) is 0 Å². The zero-order chi connectivity index (χ0) is 28.3. The monoisotopic (exact) mass is 645 g/mol. The first-order chi connectivity index (χ1) is 17.8. The van der Waals surface area contributed by atoms with Crippen molar-refractivity contribution in [3.8, 4) is 0 Å². The molecule has 1 aliphatic rings. The normalized spacial score (nSPS) is 15.7. The first-order valence-corrected chi connectivity index (χ1v) is 14.8. The molecule has 0 bridgehead atoms. The Bertz CT molecular complexity index is 1110. The number of hydrogen-bond donors (Lipinski definition) is 2. The van der Waals surface area contributed by atoms with Gasteiger partial charge in [0.2, 0.25) is 11.4 Å². The van der Waals surface area contributed by atoms with E-state index >= 15 is 0 Å². The predicted molar refractivity (Wildman–Crippen MR) is 167 cm³/mol. The minimum absolute atomic E-state index is 0. The maximum atomic E-state index is 3.92. The van der Waals surface area contributed by atoms with Crippen molar-refractivity contribution in [2.45, 2.75) is 119 Å². The fourth-order valence-corrected chi connectivity index (χ4v) is 5.17. The van der Waals surface area contributed by atoms with Crippen molar-refractivity contribution in [1.82, 2.24) is 0 Å². The van der Waals surface area contributed by atoms with Crippen LogP contribution in [-0.2, 0) is 0 Å². The van der Waals surface area contributed by atoms with Gasteiger partial charge in [0.15, 0.2) is 0 Å². The van der Waals surface area contributed by atoms with E-state index in [-0.39, 0.29) is 68.9 Å². The van der Waals surface area contributed by atoms with Crippen LogP contribution in [-0.4, -0.2) is 11.4 Å². The van der Waals surface area contributed by atoms with Gasteiger partial charge in [0.25, 0.3) is 11.4 Å². The second-order valence-corrected chi connectivity index (χ2v) is 12.9. The van der Waals surface area contributed by atoms with E-state index in [1.165, 1.54) is 44.8 Å². The van der Waals surface area contributed by atoms with Gasteiger partial charge >= 0.3 is 68.9 Å². The molecule has 0 fully saturated rings. The molecule has 2 N–H and O–H groups in total. The summed E-state index contributed by atoms with van der Waals surface area (Å²) >= 11 is 0. The Kier molecular flexibility index (Phi) is 13.3. The molecule has 0 saturated carbocycles. The average molecular weight is 646 g/mol. The average Bonchev–Trinajstić information content (AvgIpc) is 2.84. The Hall–Kier alpha value is -0.688. The first-order valence-electron chi connectivity index (χ1n) is 14.8. The molecule has 0 saturated heterocycles. The van der Waals surface area contributed by atoms with Gasteiger partial charge in [0, 0.05) is 34.4 Å². The second kappa shape index (κ2) is 15.0. The van der Waals surface area contributed by atoms with Crippen molar-refractivity contribution < 1.29 is 78.9 Å². The van der Waals surface area contributed by atoms with E-state index in [1.807, 2.05) is 0 Å². The third kappa shape index (κ3) is 8.43. The summed E-state index contributed by atoms with van der Waals surface area (Å²) in [7, 11) is 0. The molecule has 2 aromatic carbocycles. The van der Waals surface area contributed by atoms with E-state index in [0.717, 1.165) is 11.4 Å². The molecule has 3 rings (SSSR count). The molecule has 3 heteroatoms. The van der Waals surface area contributed by atoms with Gasteiger partial charge < -0.3 is 0 Å². The van der Waals surface area contributed by atoms with Crippen molar-refractivity contribution in [2.75, 3.05) is 0 Å². The summed E-state index contributed by atoms with van der Waals surface area (Å²) in [6.45, 7) is 27.6. The van der Waals surface area contributed by atoms with E-state index in [1.54, 1.807) is 0 Å². The Morgan fingerprint density at radius 3 is 0.872 bits per heavy atom. The van der Waals surface area contributed by atoms with Gasteiger partial charge in [-0.05, 0) is 70.9 Å². The summed E-state index contributed by atoms with van der Waals surface area (Å²) in [6, 6.07) is 9.66. The van der Waals surface area contributed by atoms with E-state index in [9.17, 15) is 0 Å². The van der Waals surface area contributed by atoms with Gasteiger partial charge in [-0.25, -0.2) is 0 Å². The summed E-state index contributed by atoms with van der Waals surface area (Å²) < 4.78 is 0. The second-order valence-electron chi connectivity index (χ2n) is 12.9. The van der Waals surface area contributed by atoms with Crippen LogP contribution < -0.4 is 78.9 Å². The van der Waals surface area contributed by atoms with Gasteiger partial charge in [0.1, 0.15) is 0 Å². The van der Waals surface area contributed by atoms with Crippen LogP contribution in [0.3, 0.4) is 0 Å². The van der Waals surface area contributed by atoms with Gasteiger partial charge in [-0.2, -0.15) is 9.98 Å². The maximum absolute atomic E-state index is 3.92. The fraction of sp³-hybridized carbons (Fsp3) is 0.500. The predicted octanol–water partition coefficient (Wildman–Crippen LogP) is 4.56. The molecule has 0 radical (unpaired) electrons. The molecule has 0 heterocycles. The largest absolute Gasteiger partial charge is 1.00 e. The van der Waals surface area contributed by atoms with Crippen LogP contribution in [0, 0.1) is 0 Å². The Labute approximate surface area is 298 Å². The molecule has 0 atom stereocenters. The topological polar surface area (TPSA) is 27.9 Å². The van der Waals surface area contributed by atoms with Crippen LogP contribution in [0.1, 0.15) is 152 Å². The van der Waals surface area contributed by atoms with Gasteiger partial charge in [-0.15, -0.1) is 0 Å². The standard InChI is InChI=1S/C36H50N2.Cs/c1-21(2)27-17-29(23(5)6)35(30(18-27)24(7)8)37-33-15-13-14-16-34(33)38-36-31(25(9)10)19-28(22(3)4)20-32(36)26(11)12;/h13-26H,1-12H3;/q;+1/p+2. The van der Waals surface area contributed by atoms with Gasteiger partial charge in [0.05, 0.1) is 0 Å². The molecule has 0 aliphatic heterocycles. The Morgan fingerprint density at radius 2 is 0.667 bits per heavy atom. The number of hydrogen-bond acceptors (Lipinski definition) is 0. The Balaban J connectivity index is 0.00000533. The van der Waals surface area contributed by atoms with Gasteiger partial charge in [-0.3, -0.25) is 0 Å². The molecule has 0 unspecified atom stereocenters. The van der Waals surface area contributed by atoms with Crippen LogP contribution in [0.25, 0.3) is 0 Å². The van der Waals surface area contributed by atoms with Gasteiger partial charge in [-0.1, -0.05) is 95.2 Å². The van der Waals surface area contributed by atoms with E-state index in [0.29, 0.717) is 35.5 Å². The minimum atomic E-state index is 0. The molecule has 204 valence electrons. The maximum Gasteiger partial charge on any atom is 1.00 e. The summed E-state index contributed by atoms with van der Waals surface area (Å²) in [5, 5.41) is 0. The van der Waals surface area contributed by atoms with Crippen molar-refractivity contribution >= 4 is 22.8 Å². The summed E-state index contributed by atoms with van der Waals surface area (Å²) in [6.07, 6.45) is 8.68. The molecule has 0 spiro atoms. The molecule has 2 nitrogen and oxygen atoms in total. The van der Waals surface area contributed by atoms with Crippen molar-refractivity contribution in [3.63, 3.8) is 0 Å². The molecule has 0 aromatic heterocycles. The molecular formula is C36H52CsN2+3. The van der Waals surface area contributed by atoms with E-state index in [2.05, 4.69) is 142 Å². The molecular weight excluding hydrogens is 593 g/mol. The Morgan fingerprint density at radius 1 is 0.410 bits per heavy atom. The van der Waals surface area contributed by atoms with Crippen LogP contribution in [0.4, 0.5) is 11.4 Å². The van der Waals surface area contributed by atoms with Crippen LogP contribution >= 0.6 is 0 Å². The molecule has 0 amide bonds. The molecule has 2 aromatic rings. The van der Waals surface area contributed by atoms with E-state index in [4.69, 9.17) is 0 Å².